The minimum absolute atomic E-state index is 0.132. The maximum absolute atomic E-state index is 12.9. The number of hydrogen-bond acceptors (Lipinski definition) is 5. The van der Waals surface area contributed by atoms with E-state index in [4.69, 9.17) is 4.74 Å². The van der Waals surface area contributed by atoms with Crippen molar-refractivity contribution in [2.24, 2.45) is 5.92 Å². The first-order valence-corrected chi connectivity index (χ1v) is 8.88. The van der Waals surface area contributed by atoms with Crippen molar-refractivity contribution in [1.29, 1.82) is 0 Å². The van der Waals surface area contributed by atoms with Crippen LogP contribution in [0.4, 0.5) is 0 Å². The van der Waals surface area contributed by atoms with E-state index >= 15 is 0 Å². The van der Waals surface area contributed by atoms with E-state index in [0.717, 1.165) is 65.0 Å². The van der Waals surface area contributed by atoms with Crippen LogP contribution in [0.3, 0.4) is 0 Å². The normalized spacial score (nSPS) is 24.3. The molecular weight excluding hydrogens is 294 g/mol. The topological polar surface area (TPSA) is 65.0 Å². The van der Waals surface area contributed by atoms with E-state index in [9.17, 15) is 9.90 Å². The third-order valence-electron chi connectivity index (χ3n) is 5.30. The molecule has 0 aromatic rings. The van der Waals surface area contributed by atoms with E-state index in [0.29, 0.717) is 5.92 Å². The van der Waals surface area contributed by atoms with Crippen LogP contribution in [0.5, 0.6) is 0 Å². The molecular formula is C17H33N3O3. The Morgan fingerprint density at radius 2 is 2.00 bits per heavy atom. The number of likely N-dealkylation sites (N-methyl/N-ethyl adjacent to an activating group) is 1. The standard InChI is InChI=1S/C17H33N3O3/c1-14(21)12-20-10-4-15(5-11-20)13-19(2)16(22)17(23-3)6-8-18-9-7-17/h14-15,18,21H,4-13H2,1-3H3. The van der Waals surface area contributed by atoms with Crippen molar-refractivity contribution in [2.75, 3.05) is 53.4 Å². The van der Waals surface area contributed by atoms with Gasteiger partial charge < -0.3 is 25.0 Å². The summed E-state index contributed by atoms with van der Waals surface area (Å²) in [6.07, 6.45) is 3.41. The molecule has 0 radical (unpaired) electrons. The number of hydrogen-bond donors (Lipinski definition) is 2. The summed E-state index contributed by atoms with van der Waals surface area (Å²) in [7, 11) is 3.57. The molecule has 0 aromatic heterocycles. The summed E-state index contributed by atoms with van der Waals surface area (Å²) in [6.45, 7) is 7.09. The van der Waals surface area contributed by atoms with Gasteiger partial charge in [0.05, 0.1) is 6.10 Å². The molecule has 6 nitrogen and oxygen atoms in total. The summed E-state index contributed by atoms with van der Waals surface area (Å²) in [5.74, 6) is 0.678. The van der Waals surface area contributed by atoms with Gasteiger partial charge in [0.15, 0.2) is 0 Å². The Kier molecular flexibility index (Phi) is 6.83. The lowest BCUT2D eigenvalue weighted by Gasteiger charge is -2.40. The molecule has 2 saturated heterocycles. The highest BCUT2D eigenvalue weighted by molar-refractivity contribution is 5.85. The number of nitrogens with zero attached hydrogens (tertiary/aromatic N) is 2. The maximum atomic E-state index is 12.9. The lowest BCUT2D eigenvalue weighted by atomic mass is 9.89. The van der Waals surface area contributed by atoms with Gasteiger partial charge in [-0.25, -0.2) is 0 Å². The van der Waals surface area contributed by atoms with Crippen LogP contribution in [0.15, 0.2) is 0 Å². The van der Waals surface area contributed by atoms with Gasteiger partial charge in [0.25, 0.3) is 5.91 Å². The average molecular weight is 327 g/mol. The Morgan fingerprint density at radius 1 is 1.39 bits per heavy atom. The van der Waals surface area contributed by atoms with Crippen LogP contribution in [0.1, 0.15) is 32.6 Å². The van der Waals surface area contributed by atoms with Crippen LogP contribution < -0.4 is 5.32 Å². The van der Waals surface area contributed by atoms with Crippen LogP contribution >= 0.6 is 0 Å². The molecule has 2 N–H and O–H groups in total. The second kappa shape index (κ2) is 8.42. The summed E-state index contributed by atoms with van der Waals surface area (Å²) in [4.78, 5) is 17.1. The number of carbonyl (C=O) groups excluding carboxylic acids is 1. The minimum Gasteiger partial charge on any atom is -0.392 e. The highest BCUT2D eigenvalue weighted by Gasteiger charge is 2.41. The quantitative estimate of drug-likeness (QED) is 0.735. The molecule has 134 valence electrons. The Bertz CT molecular complexity index is 375. The third-order valence-corrected chi connectivity index (χ3v) is 5.30. The number of ether oxygens (including phenoxy) is 1. The predicted molar refractivity (Wildman–Crippen MR) is 90.3 cm³/mol. The molecule has 0 aromatic carbocycles. The van der Waals surface area contributed by atoms with Gasteiger partial charge in [-0.2, -0.15) is 0 Å². The largest absolute Gasteiger partial charge is 0.392 e. The smallest absolute Gasteiger partial charge is 0.254 e. The molecule has 0 saturated carbocycles. The molecule has 0 bridgehead atoms. The zero-order valence-corrected chi connectivity index (χ0v) is 14.9. The van der Waals surface area contributed by atoms with Crippen LogP contribution in [0.25, 0.3) is 0 Å². The van der Waals surface area contributed by atoms with Gasteiger partial charge in [0, 0.05) is 27.2 Å². The first-order valence-electron chi connectivity index (χ1n) is 8.88. The van der Waals surface area contributed by atoms with E-state index in [1.807, 2.05) is 18.9 Å². The molecule has 2 rings (SSSR count). The first-order chi connectivity index (χ1) is 11.0. The first kappa shape index (κ1) is 18.6. The number of methoxy groups -OCH3 is 1. The zero-order chi connectivity index (χ0) is 16.9. The van der Waals surface area contributed by atoms with Crippen LogP contribution in [0.2, 0.25) is 0 Å². The second-order valence-corrected chi connectivity index (χ2v) is 7.23. The Labute approximate surface area is 140 Å². The molecule has 2 aliphatic heterocycles. The molecule has 0 spiro atoms. The van der Waals surface area contributed by atoms with E-state index in [2.05, 4.69) is 10.2 Å². The van der Waals surface area contributed by atoms with Crippen molar-refractivity contribution in [3.63, 3.8) is 0 Å². The van der Waals surface area contributed by atoms with Gasteiger partial charge in [-0.15, -0.1) is 0 Å². The third kappa shape index (κ3) is 4.89. The lowest BCUT2D eigenvalue weighted by Crippen LogP contribution is -2.55. The zero-order valence-electron chi connectivity index (χ0n) is 14.9. The van der Waals surface area contributed by atoms with Gasteiger partial charge in [0.2, 0.25) is 0 Å². The number of aliphatic hydroxyl groups excluding tert-OH is 1. The summed E-state index contributed by atoms with van der Waals surface area (Å²) in [6, 6.07) is 0. The maximum Gasteiger partial charge on any atom is 0.254 e. The van der Waals surface area contributed by atoms with Crippen LogP contribution in [-0.2, 0) is 9.53 Å². The Balaban J connectivity index is 1.82. The van der Waals surface area contributed by atoms with Crippen molar-refractivity contribution in [3.8, 4) is 0 Å². The fraction of sp³-hybridized carbons (Fsp3) is 0.941. The molecule has 2 aliphatic rings. The van der Waals surface area contributed by atoms with Crippen LogP contribution in [0, 0.1) is 5.92 Å². The predicted octanol–water partition coefficient (Wildman–Crippen LogP) is 0.306. The molecule has 0 aliphatic carbocycles. The summed E-state index contributed by atoms with van der Waals surface area (Å²) < 4.78 is 5.64. The summed E-state index contributed by atoms with van der Waals surface area (Å²) in [5.41, 5.74) is -0.632. The number of aliphatic hydroxyl groups is 1. The highest BCUT2D eigenvalue weighted by Crippen LogP contribution is 2.26. The Morgan fingerprint density at radius 3 is 2.52 bits per heavy atom. The van der Waals surface area contributed by atoms with Crippen molar-refractivity contribution in [1.82, 2.24) is 15.1 Å². The van der Waals surface area contributed by atoms with Gasteiger partial charge in [-0.1, -0.05) is 0 Å². The minimum atomic E-state index is -0.632. The molecule has 2 fully saturated rings. The van der Waals surface area contributed by atoms with Crippen molar-refractivity contribution >= 4 is 5.91 Å². The molecule has 1 amide bonds. The summed E-state index contributed by atoms with van der Waals surface area (Å²) in [5, 5.41) is 12.8. The van der Waals surface area contributed by atoms with E-state index in [-0.39, 0.29) is 12.0 Å². The van der Waals surface area contributed by atoms with Gasteiger partial charge in [-0.05, 0) is 64.7 Å². The number of rotatable bonds is 6. The number of β-amino-alcohol motifs (C(OH)–C–C–N with tert-alkyl or cyclic N) is 1. The van der Waals surface area contributed by atoms with E-state index < -0.39 is 5.60 Å². The monoisotopic (exact) mass is 327 g/mol. The number of likely N-dealkylation sites (tertiary alicyclic amines) is 1. The molecule has 2 heterocycles. The molecule has 1 atom stereocenters. The van der Waals surface area contributed by atoms with Crippen molar-refractivity contribution < 1.29 is 14.6 Å². The van der Waals surface area contributed by atoms with E-state index in [1.54, 1.807) is 7.11 Å². The lowest BCUT2D eigenvalue weighted by molar-refractivity contribution is -0.157. The van der Waals surface area contributed by atoms with Gasteiger partial charge in [0.1, 0.15) is 5.60 Å². The van der Waals surface area contributed by atoms with Crippen molar-refractivity contribution in [3.05, 3.63) is 0 Å². The van der Waals surface area contributed by atoms with Gasteiger partial charge in [-0.3, -0.25) is 4.79 Å². The highest BCUT2D eigenvalue weighted by atomic mass is 16.5. The molecule has 1 unspecified atom stereocenters. The SMILES string of the molecule is COC1(C(=O)N(C)CC2CCN(CC(C)O)CC2)CCNCC1. The molecule has 23 heavy (non-hydrogen) atoms. The van der Waals surface area contributed by atoms with Gasteiger partial charge >= 0.3 is 0 Å². The number of nitrogens with one attached hydrogen (secondary N) is 1. The van der Waals surface area contributed by atoms with Crippen LogP contribution in [-0.4, -0.2) is 85.9 Å². The van der Waals surface area contributed by atoms with E-state index in [1.165, 1.54) is 0 Å². The molecule has 6 heteroatoms. The number of piperidine rings is 2. The number of carbonyl (C=O) groups is 1. The fourth-order valence-corrected chi connectivity index (χ4v) is 3.88. The Hall–Kier alpha value is -0.690. The summed E-state index contributed by atoms with van der Waals surface area (Å²) >= 11 is 0. The average Bonchev–Trinajstić information content (AvgIpc) is 2.56. The number of amides is 1. The fourth-order valence-electron chi connectivity index (χ4n) is 3.88. The second-order valence-electron chi connectivity index (χ2n) is 7.23. The van der Waals surface area contributed by atoms with Crippen molar-refractivity contribution in [2.45, 2.75) is 44.3 Å².